The van der Waals surface area contributed by atoms with Gasteiger partial charge in [0.2, 0.25) is 0 Å². The van der Waals surface area contributed by atoms with Gasteiger partial charge in [0.15, 0.2) is 5.11 Å². The molecular formula is C26H22ClN3O2S. The minimum atomic E-state index is -0.216. The van der Waals surface area contributed by atoms with Crippen molar-refractivity contribution in [3.8, 4) is 17.1 Å². The highest BCUT2D eigenvalue weighted by atomic mass is 35.5. The first-order valence-electron chi connectivity index (χ1n) is 10.7. The fourth-order valence-electron chi connectivity index (χ4n) is 4.07. The second-order valence-corrected chi connectivity index (χ2v) is 8.46. The molecule has 5 rings (SSSR count). The molecule has 1 fully saturated rings. The zero-order valence-electron chi connectivity index (χ0n) is 17.9. The number of nitrogens with zero attached hydrogens (tertiary/aromatic N) is 2. The SMILES string of the molecule is CCOc1ccc(N2C(=S)N[C@H](c3ccccn3)[C@H]2c2ccc(-c3ccc(Cl)cc3)o2)cc1. The van der Waals surface area contributed by atoms with Crippen LogP contribution in [-0.2, 0) is 0 Å². The number of benzene rings is 2. The molecule has 1 N–H and O–H groups in total. The molecule has 0 amide bonds. The smallest absolute Gasteiger partial charge is 0.174 e. The van der Waals surface area contributed by atoms with Crippen LogP contribution in [0.25, 0.3) is 11.3 Å². The van der Waals surface area contributed by atoms with Crippen LogP contribution >= 0.6 is 23.8 Å². The standard InChI is InChI=1S/C26H22ClN3O2S/c1-2-31-20-12-10-19(11-13-20)30-25(24(29-26(30)33)21-5-3-4-16-28-21)23-15-14-22(32-23)17-6-8-18(27)9-7-17/h3-16,24-25H,2H2,1H3,(H,29,33)/t24-,25-/m1/s1. The van der Waals surface area contributed by atoms with Gasteiger partial charge in [0, 0.05) is 22.5 Å². The summed E-state index contributed by atoms with van der Waals surface area (Å²) in [6.45, 7) is 2.59. The number of ether oxygens (including phenoxy) is 1. The summed E-state index contributed by atoms with van der Waals surface area (Å²) in [6.07, 6.45) is 1.79. The van der Waals surface area contributed by atoms with Crippen LogP contribution in [0.1, 0.15) is 30.5 Å². The van der Waals surface area contributed by atoms with Gasteiger partial charge in [-0.3, -0.25) is 4.98 Å². The van der Waals surface area contributed by atoms with E-state index in [1.54, 1.807) is 6.20 Å². The lowest BCUT2D eigenvalue weighted by Crippen LogP contribution is -2.29. The monoisotopic (exact) mass is 475 g/mol. The second-order valence-electron chi connectivity index (χ2n) is 7.63. The molecular weight excluding hydrogens is 454 g/mol. The molecule has 166 valence electrons. The van der Waals surface area contributed by atoms with E-state index in [4.69, 9.17) is 33.0 Å². The Morgan fingerprint density at radius 3 is 2.52 bits per heavy atom. The lowest BCUT2D eigenvalue weighted by molar-refractivity contribution is 0.340. The third-order valence-electron chi connectivity index (χ3n) is 5.57. The van der Waals surface area contributed by atoms with Gasteiger partial charge in [-0.25, -0.2) is 0 Å². The number of pyridine rings is 1. The van der Waals surface area contributed by atoms with Crippen LogP contribution in [0.3, 0.4) is 0 Å². The van der Waals surface area contributed by atoms with Crippen LogP contribution < -0.4 is 15.0 Å². The lowest BCUT2D eigenvalue weighted by Gasteiger charge is -2.26. The van der Waals surface area contributed by atoms with Gasteiger partial charge in [0.25, 0.3) is 0 Å². The van der Waals surface area contributed by atoms with Gasteiger partial charge in [0.1, 0.15) is 23.3 Å². The Labute approximate surface area is 203 Å². The Morgan fingerprint density at radius 1 is 1.03 bits per heavy atom. The molecule has 0 unspecified atom stereocenters. The Morgan fingerprint density at radius 2 is 1.82 bits per heavy atom. The molecule has 1 aliphatic heterocycles. The summed E-state index contributed by atoms with van der Waals surface area (Å²) >= 11 is 11.8. The molecule has 7 heteroatoms. The number of nitrogens with one attached hydrogen (secondary N) is 1. The average Bonchev–Trinajstić information content (AvgIpc) is 3.46. The topological polar surface area (TPSA) is 50.5 Å². The highest BCUT2D eigenvalue weighted by Crippen LogP contribution is 2.43. The van der Waals surface area contributed by atoms with Gasteiger partial charge in [-0.2, -0.15) is 0 Å². The molecule has 3 heterocycles. The van der Waals surface area contributed by atoms with E-state index in [0.717, 1.165) is 34.2 Å². The highest BCUT2D eigenvalue weighted by Gasteiger charge is 2.42. The maximum Gasteiger partial charge on any atom is 0.174 e. The summed E-state index contributed by atoms with van der Waals surface area (Å²) in [4.78, 5) is 6.67. The molecule has 0 aliphatic carbocycles. The molecule has 5 nitrogen and oxygen atoms in total. The molecule has 0 bridgehead atoms. The van der Waals surface area contributed by atoms with E-state index in [1.165, 1.54) is 0 Å². The second kappa shape index (κ2) is 9.25. The fraction of sp³-hybridized carbons (Fsp3) is 0.154. The molecule has 33 heavy (non-hydrogen) atoms. The van der Waals surface area contributed by atoms with Crippen molar-refractivity contribution in [2.24, 2.45) is 0 Å². The Kier molecular flexibility index (Phi) is 6.03. The van der Waals surface area contributed by atoms with E-state index in [-0.39, 0.29) is 12.1 Å². The van der Waals surface area contributed by atoms with Gasteiger partial charge >= 0.3 is 0 Å². The minimum absolute atomic E-state index is 0.172. The number of rotatable bonds is 6. The highest BCUT2D eigenvalue weighted by molar-refractivity contribution is 7.80. The number of hydrogen-bond acceptors (Lipinski definition) is 4. The zero-order chi connectivity index (χ0) is 22.8. The first-order valence-corrected chi connectivity index (χ1v) is 11.5. The van der Waals surface area contributed by atoms with E-state index < -0.39 is 0 Å². The number of furan rings is 1. The molecule has 0 radical (unpaired) electrons. The molecule has 1 saturated heterocycles. The summed E-state index contributed by atoms with van der Waals surface area (Å²) in [5.74, 6) is 2.38. The summed E-state index contributed by atoms with van der Waals surface area (Å²) in [5.41, 5.74) is 2.80. The van der Waals surface area contributed by atoms with E-state index in [2.05, 4.69) is 15.2 Å². The van der Waals surface area contributed by atoms with Crippen molar-refractivity contribution in [2.75, 3.05) is 11.5 Å². The molecule has 2 aromatic heterocycles. The Hall–Kier alpha value is -3.35. The van der Waals surface area contributed by atoms with Crippen molar-refractivity contribution in [1.82, 2.24) is 10.3 Å². The van der Waals surface area contributed by atoms with Gasteiger partial charge < -0.3 is 19.4 Å². The quantitative estimate of drug-likeness (QED) is 0.318. The normalized spacial score (nSPS) is 17.8. The van der Waals surface area contributed by atoms with Gasteiger partial charge in [0.05, 0.1) is 18.3 Å². The number of thiocarbonyl (C=S) groups is 1. The summed E-state index contributed by atoms with van der Waals surface area (Å²) in [5, 5.41) is 4.75. The maximum atomic E-state index is 6.37. The third kappa shape index (κ3) is 4.32. The largest absolute Gasteiger partial charge is 0.494 e. The lowest BCUT2D eigenvalue weighted by atomic mass is 10.0. The predicted octanol–water partition coefficient (Wildman–Crippen LogP) is 6.57. The molecule has 2 aromatic carbocycles. The molecule has 1 aliphatic rings. The van der Waals surface area contributed by atoms with E-state index >= 15 is 0 Å². The fourth-order valence-corrected chi connectivity index (χ4v) is 4.54. The summed E-state index contributed by atoms with van der Waals surface area (Å²) < 4.78 is 12.0. The number of aromatic nitrogens is 1. The van der Waals surface area contributed by atoms with Crippen LogP contribution in [0.15, 0.2) is 89.5 Å². The van der Waals surface area contributed by atoms with Crippen molar-refractivity contribution in [3.63, 3.8) is 0 Å². The van der Waals surface area contributed by atoms with Crippen molar-refractivity contribution >= 4 is 34.6 Å². The molecule has 0 saturated carbocycles. The molecule has 4 aromatic rings. The zero-order valence-corrected chi connectivity index (χ0v) is 19.5. The minimum Gasteiger partial charge on any atom is -0.494 e. The van der Waals surface area contributed by atoms with Crippen LogP contribution in [0.5, 0.6) is 5.75 Å². The van der Waals surface area contributed by atoms with Crippen molar-refractivity contribution in [2.45, 2.75) is 19.0 Å². The van der Waals surface area contributed by atoms with Gasteiger partial charge in [-0.1, -0.05) is 17.7 Å². The number of anilines is 1. The van der Waals surface area contributed by atoms with Crippen LogP contribution in [0, 0.1) is 0 Å². The predicted molar refractivity (Wildman–Crippen MR) is 135 cm³/mol. The third-order valence-corrected chi connectivity index (χ3v) is 6.14. The first-order chi connectivity index (χ1) is 16.1. The van der Waals surface area contributed by atoms with Gasteiger partial charge in [-0.15, -0.1) is 0 Å². The van der Waals surface area contributed by atoms with E-state index in [9.17, 15) is 0 Å². The van der Waals surface area contributed by atoms with Crippen molar-refractivity contribution in [3.05, 3.63) is 102 Å². The Bertz CT molecular complexity index is 1240. The number of halogens is 1. The summed E-state index contributed by atoms with van der Waals surface area (Å²) in [6, 6.07) is 25.0. The van der Waals surface area contributed by atoms with E-state index in [0.29, 0.717) is 16.7 Å². The van der Waals surface area contributed by atoms with Crippen LogP contribution in [0.2, 0.25) is 5.02 Å². The first kappa shape index (κ1) is 21.5. The average molecular weight is 476 g/mol. The molecule has 2 atom stereocenters. The van der Waals surface area contributed by atoms with Crippen molar-refractivity contribution in [1.29, 1.82) is 0 Å². The Balaban J connectivity index is 1.55. The van der Waals surface area contributed by atoms with Crippen LogP contribution in [-0.4, -0.2) is 16.7 Å². The molecule has 0 spiro atoms. The van der Waals surface area contributed by atoms with Crippen molar-refractivity contribution < 1.29 is 9.15 Å². The van der Waals surface area contributed by atoms with Gasteiger partial charge in [-0.05, 0) is 91.9 Å². The van der Waals surface area contributed by atoms with E-state index in [1.807, 2.05) is 85.8 Å². The van der Waals surface area contributed by atoms with Crippen LogP contribution in [0.4, 0.5) is 5.69 Å². The maximum absolute atomic E-state index is 6.37. The summed E-state index contributed by atoms with van der Waals surface area (Å²) in [7, 11) is 0. The number of hydrogen-bond donors (Lipinski definition) is 1.